The molecule has 1 aromatic heterocycles. The number of carbonyl (C=O) groups excluding carboxylic acids is 1. The number of methoxy groups -OCH3 is 1. The topological polar surface area (TPSA) is 122 Å². The third-order valence-corrected chi connectivity index (χ3v) is 8.86. The smallest absolute Gasteiger partial charge is 0.323 e. The average Bonchev–Trinajstić information content (AvgIpc) is 3.29. The molecule has 1 aliphatic heterocycles. The molecule has 0 saturated carbocycles. The number of aryl methyl sites for hydroxylation is 1. The molecule has 4 aromatic rings. The summed E-state index contributed by atoms with van der Waals surface area (Å²) in [5, 5.41) is 14.7. The number of sulfonamides is 1. The molecule has 2 heterocycles. The molecule has 0 bridgehead atoms. The zero-order chi connectivity index (χ0) is 28.6. The van der Waals surface area contributed by atoms with Crippen LogP contribution in [0.15, 0.2) is 83.9 Å². The van der Waals surface area contributed by atoms with Gasteiger partial charge in [0.1, 0.15) is 11.8 Å². The third-order valence-electron chi connectivity index (χ3n) is 6.68. The Bertz CT molecular complexity index is 1700. The second-order valence-electron chi connectivity index (χ2n) is 9.19. The molecule has 1 aliphatic rings. The number of amides is 1. The number of carbonyl (C=O) groups is 2. The maximum absolute atomic E-state index is 13.9. The number of ether oxygens (including phenoxy) is 1. The van der Waals surface area contributed by atoms with Crippen LogP contribution in [0.4, 0.5) is 5.69 Å². The molecule has 1 N–H and O–H groups in total. The van der Waals surface area contributed by atoms with E-state index in [0.717, 1.165) is 10.00 Å². The number of benzene rings is 3. The van der Waals surface area contributed by atoms with E-state index < -0.39 is 34.5 Å². The molecular formula is C28H25ClN4O6S. The van der Waals surface area contributed by atoms with Crippen molar-refractivity contribution in [3.05, 3.63) is 101 Å². The van der Waals surface area contributed by atoms with Crippen molar-refractivity contribution in [2.75, 3.05) is 18.6 Å². The van der Waals surface area contributed by atoms with Gasteiger partial charge in [-0.25, -0.2) is 13.1 Å². The summed E-state index contributed by atoms with van der Waals surface area (Å²) >= 11 is 6.55. The fourth-order valence-electron chi connectivity index (χ4n) is 4.60. The third kappa shape index (κ3) is 5.06. The van der Waals surface area contributed by atoms with E-state index >= 15 is 0 Å². The lowest BCUT2D eigenvalue weighted by atomic mass is 10.1. The van der Waals surface area contributed by atoms with Crippen LogP contribution in [0, 0.1) is 6.92 Å². The normalized spacial score (nSPS) is 15.8. The number of halogens is 1. The van der Waals surface area contributed by atoms with Crippen molar-refractivity contribution < 1.29 is 27.9 Å². The molecule has 0 spiro atoms. The molecule has 0 saturated heterocycles. The van der Waals surface area contributed by atoms with E-state index in [-0.39, 0.29) is 22.0 Å². The minimum Gasteiger partial charge on any atom is -0.497 e. The average molecular weight is 581 g/mol. The first kappa shape index (κ1) is 27.4. The van der Waals surface area contributed by atoms with Crippen LogP contribution in [0.2, 0.25) is 5.02 Å². The van der Waals surface area contributed by atoms with Crippen LogP contribution < -0.4 is 9.64 Å². The van der Waals surface area contributed by atoms with Gasteiger partial charge in [0.15, 0.2) is 0 Å². The van der Waals surface area contributed by atoms with Gasteiger partial charge in [-0.2, -0.15) is 9.40 Å². The Balaban J connectivity index is 1.55. The fourth-order valence-corrected chi connectivity index (χ4v) is 6.41. The maximum Gasteiger partial charge on any atom is 0.323 e. The number of para-hydroxylation sites is 1. The summed E-state index contributed by atoms with van der Waals surface area (Å²) in [5.74, 6) is -1.49. The van der Waals surface area contributed by atoms with Crippen molar-refractivity contribution in [3.8, 4) is 11.4 Å². The van der Waals surface area contributed by atoms with Gasteiger partial charge < -0.3 is 14.7 Å². The number of aromatic nitrogens is 2. The molecule has 1 atom stereocenters. The van der Waals surface area contributed by atoms with Crippen molar-refractivity contribution >= 4 is 39.2 Å². The van der Waals surface area contributed by atoms with E-state index in [1.165, 1.54) is 36.3 Å². The van der Waals surface area contributed by atoms with Crippen LogP contribution in [-0.2, 0) is 21.4 Å². The van der Waals surface area contributed by atoms with Gasteiger partial charge in [0.25, 0.3) is 5.91 Å². The minimum atomic E-state index is -4.28. The van der Waals surface area contributed by atoms with Gasteiger partial charge in [-0.1, -0.05) is 29.8 Å². The van der Waals surface area contributed by atoms with Gasteiger partial charge >= 0.3 is 5.97 Å². The fraction of sp³-hybridized carbons (Fsp3) is 0.179. The van der Waals surface area contributed by atoms with Gasteiger partial charge in [0.05, 0.1) is 40.5 Å². The highest BCUT2D eigenvalue weighted by atomic mass is 35.5. The number of anilines is 1. The lowest BCUT2D eigenvalue weighted by Gasteiger charge is -2.28. The molecule has 0 aliphatic carbocycles. The molecule has 40 heavy (non-hydrogen) atoms. The molecule has 3 aromatic carbocycles. The Morgan fingerprint density at radius 3 is 2.40 bits per heavy atom. The summed E-state index contributed by atoms with van der Waals surface area (Å²) < 4.78 is 35.1. The molecule has 0 radical (unpaired) electrons. The molecule has 10 nitrogen and oxygen atoms in total. The van der Waals surface area contributed by atoms with Gasteiger partial charge in [0, 0.05) is 18.4 Å². The largest absolute Gasteiger partial charge is 0.497 e. The van der Waals surface area contributed by atoms with E-state index in [0.29, 0.717) is 22.7 Å². The first-order chi connectivity index (χ1) is 19.1. The summed E-state index contributed by atoms with van der Waals surface area (Å²) in [6, 6.07) is 17.5. The van der Waals surface area contributed by atoms with E-state index in [1.807, 2.05) is 13.0 Å². The number of fused-ring (bicyclic) bond motifs is 1. The number of hydrogen-bond donors (Lipinski definition) is 1. The molecular weight excluding hydrogens is 556 g/mol. The van der Waals surface area contributed by atoms with Crippen LogP contribution in [0.25, 0.3) is 5.69 Å². The summed E-state index contributed by atoms with van der Waals surface area (Å²) in [7, 11) is -2.82. The highest BCUT2D eigenvalue weighted by Crippen LogP contribution is 2.33. The summed E-state index contributed by atoms with van der Waals surface area (Å²) in [6.45, 7) is 1.16. The zero-order valence-electron chi connectivity index (χ0n) is 21.6. The SMILES string of the molecule is COc1ccc(S(=O)(=O)N2Cc3ccccc3N(C(=O)c3ccc(-n4ccc(C)n4)cc3Cl)CC2C(=O)O)cc1. The number of aliphatic carboxylic acids is 1. The highest BCUT2D eigenvalue weighted by molar-refractivity contribution is 7.89. The second-order valence-corrected chi connectivity index (χ2v) is 11.5. The van der Waals surface area contributed by atoms with Gasteiger partial charge in [-0.15, -0.1) is 0 Å². The molecule has 0 fully saturated rings. The first-order valence-electron chi connectivity index (χ1n) is 12.2. The van der Waals surface area contributed by atoms with Crippen LogP contribution in [-0.4, -0.2) is 59.2 Å². The first-order valence-corrected chi connectivity index (χ1v) is 14.0. The van der Waals surface area contributed by atoms with Crippen molar-refractivity contribution in [1.82, 2.24) is 14.1 Å². The Morgan fingerprint density at radius 1 is 1.05 bits per heavy atom. The van der Waals surface area contributed by atoms with Crippen LogP contribution in [0.1, 0.15) is 21.6 Å². The number of hydrogen-bond acceptors (Lipinski definition) is 6. The van der Waals surface area contributed by atoms with E-state index in [2.05, 4.69) is 5.10 Å². The van der Waals surface area contributed by atoms with E-state index in [9.17, 15) is 23.1 Å². The lowest BCUT2D eigenvalue weighted by molar-refractivity contribution is -0.141. The number of carboxylic acids is 1. The predicted octanol–water partition coefficient (Wildman–Crippen LogP) is 4.15. The Morgan fingerprint density at radius 2 is 1.77 bits per heavy atom. The van der Waals surface area contributed by atoms with Crippen molar-refractivity contribution in [3.63, 3.8) is 0 Å². The summed E-state index contributed by atoms with van der Waals surface area (Å²) in [4.78, 5) is 27.6. The minimum absolute atomic E-state index is 0.0932. The lowest BCUT2D eigenvalue weighted by Crippen LogP contribution is -2.50. The quantitative estimate of drug-likeness (QED) is 0.363. The molecule has 5 rings (SSSR count). The second kappa shape index (κ2) is 10.8. The van der Waals surface area contributed by atoms with Gasteiger partial charge in [-0.3, -0.25) is 9.59 Å². The Labute approximate surface area is 236 Å². The molecule has 1 amide bonds. The van der Waals surface area contributed by atoms with E-state index in [1.54, 1.807) is 53.3 Å². The van der Waals surface area contributed by atoms with Crippen LogP contribution in [0.5, 0.6) is 5.75 Å². The predicted molar refractivity (Wildman–Crippen MR) is 149 cm³/mol. The number of rotatable bonds is 6. The number of nitrogens with zero attached hydrogens (tertiary/aromatic N) is 4. The van der Waals surface area contributed by atoms with Gasteiger partial charge in [-0.05, 0) is 67.1 Å². The maximum atomic E-state index is 13.9. The highest BCUT2D eigenvalue weighted by Gasteiger charge is 2.42. The zero-order valence-corrected chi connectivity index (χ0v) is 23.1. The standard InChI is InChI=1S/C28H25ClN4O6S/c1-18-13-14-32(30-18)20-7-12-23(24(29)15-20)27(34)31-17-26(28(35)36)33(16-19-5-3-4-6-25(19)31)40(37,38)22-10-8-21(39-2)9-11-22/h3-15,26H,16-17H2,1-2H3,(H,35,36). The van der Waals surface area contributed by atoms with Crippen molar-refractivity contribution in [2.24, 2.45) is 0 Å². The van der Waals surface area contributed by atoms with Crippen LogP contribution >= 0.6 is 11.6 Å². The monoisotopic (exact) mass is 580 g/mol. The Kier molecular flexibility index (Phi) is 7.37. The van der Waals surface area contributed by atoms with Crippen molar-refractivity contribution in [1.29, 1.82) is 0 Å². The summed E-state index contributed by atoms with van der Waals surface area (Å²) in [6.07, 6.45) is 1.77. The summed E-state index contributed by atoms with van der Waals surface area (Å²) in [5.41, 5.74) is 2.46. The number of carboxylic acid groups (broad SMARTS) is 1. The van der Waals surface area contributed by atoms with E-state index in [4.69, 9.17) is 16.3 Å². The van der Waals surface area contributed by atoms with Crippen molar-refractivity contribution in [2.45, 2.75) is 24.4 Å². The molecule has 1 unspecified atom stereocenters. The molecule has 12 heteroatoms. The Hall–Kier alpha value is -4.19. The van der Waals surface area contributed by atoms with Crippen LogP contribution in [0.3, 0.4) is 0 Å². The molecule has 206 valence electrons. The van der Waals surface area contributed by atoms with Gasteiger partial charge in [0.2, 0.25) is 10.0 Å².